The second-order valence-electron chi connectivity index (χ2n) is 6.77. The number of aryl methyl sites for hydroxylation is 3. The molecule has 2 aromatic carbocycles. The molecule has 0 aliphatic heterocycles. The molecule has 1 amide bonds. The molecule has 0 saturated carbocycles. The van der Waals surface area contributed by atoms with Gasteiger partial charge in [-0.05, 0) is 49.2 Å². The lowest BCUT2D eigenvalue weighted by Crippen LogP contribution is -2.12. The summed E-state index contributed by atoms with van der Waals surface area (Å²) in [5, 5.41) is 6.93. The molecule has 6 nitrogen and oxygen atoms in total. The Morgan fingerprint density at radius 3 is 2.72 bits per heavy atom. The number of rotatable bonds is 7. The zero-order valence-corrected chi connectivity index (χ0v) is 17.8. The third-order valence-electron chi connectivity index (χ3n) is 4.18. The molecule has 0 aliphatic carbocycles. The van der Waals surface area contributed by atoms with Crippen LogP contribution in [0.3, 0.4) is 0 Å². The second kappa shape index (κ2) is 8.75. The number of anilines is 1. The first kappa shape index (κ1) is 19.6. The average molecular weight is 425 g/mol. The summed E-state index contributed by atoms with van der Waals surface area (Å²) >= 11 is 3.24. The number of hydrogen-bond acceptors (Lipinski definition) is 7. The smallest absolute Gasteiger partial charge is 0.227 e. The Morgan fingerprint density at radius 1 is 1.14 bits per heavy atom. The van der Waals surface area contributed by atoms with E-state index in [-0.39, 0.29) is 5.91 Å². The topological polar surface area (TPSA) is 80.9 Å². The fraction of sp³-hybridized carbons (Fsp3) is 0.238. The van der Waals surface area contributed by atoms with Gasteiger partial charge in [-0.3, -0.25) is 4.79 Å². The van der Waals surface area contributed by atoms with Crippen LogP contribution in [-0.4, -0.2) is 21.0 Å². The van der Waals surface area contributed by atoms with E-state index in [0.717, 1.165) is 26.7 Å². The van der Waals surface area contributed by atoms with Crippen LogP contribution in [0.1, 0.15) is 29.3 Å². The highest BCUT2D eigenvalue weighted by Crippen LogP contribution is 2.30. The van der Waals surface area contributed by atoms with Crippen molar-refractivity contribution >= 4 is 44.9 Å². The monoisotopic (exact) mass is 424 g/mol. The molecule has 0 fully saturated rings. The number of hydrogen-bond donors (Lipinski definition) is 1. The SMILES string of the molecule is Cc1cc(C)cc(NC(=O)CCc2nc(CSc3nc4ccccc4s3)no2)c1. The molecule has 1 N–H and O–H groups in total. The first-order valence-electron chi connectivity index (χ1n) is 9.23. The van der Waals surface area contributed by atoms with E-state index in [1.165, 1.54) is 4.70 Å². The van der Waals surface area contributed by atoms with E-state index in [0.29, 0.717) is 30.3 Å². The predicted molar refractivity (Wildman–Crippen MR) is 116 cm³/mol. The Bertz CT molecular complexity index is 1100. The summed E-state index contributed by atoms with van der Waals surface area (Å²) in [6.07, 6.45) is 0.703. The molecule has 148 valence electrons. The third-order valence-corrected chi connectivity index (χ3v) is 6.36. The summed E-state index contributed by atoms with van der Waals surface area (Å²) in [5.41, 5.74) is 4.05. The number of amides is 1. The molecule has 0 saturated heterocycles. The highest BCUT2D eigenvalue weighted by atomic mass is 32.2. The molecule has 0 spiro atoms. The summed E-state index contributed by atoms with van der Waals surface area (Å²) in [6, 6.07) is 14.0. The molecular formula is C21H20N4O2S2. The zero-order valence-electron chi connectivity index (χ0n) is 16.1. The zero-order chi connectivity index (χ0) is 20.2. The van der Waals surface area contributed by atoms with Crippen LogP contribution < -0.4 is 5.32 Å². The molecule has 0 bridgehead atoms. The molecule has 0 unspecified atom stereocenters. The summed E-state index contributed by atoms with van der Waals surface area (Å²) < 4.78 is 7.42. The summed E-state index contributed by atoms with van der Waals surface area (Å²) in [6.45, 7) is 4.02. The third kappa shape index (κ3) is 5.21. The first-order chi connectivity index (χ1) is 14.0. The maximum Gasteiger partial charge on any atom is 0.227 e. The van der Waals surface area contributed by atoms with Gasteiger partial charge in [0.2, 0.25) is 11.8 Å². The van der Waals surface area contributed by atoms with Gasteiger partial charge in [0, 0.05) is 18.5 Å². The largest absolute Gasteiger partial charge is 0.339 e. The van der Waals surface area contributed by atoms with Crippen molar-refractivity contribution in [1.82, 2.24) is 15.1 Å². The van der Waals surface area contributed by atoms with Gasteiger partial charge < -0.3 is 9.84 Å². The quantitative estimate of drug-likeness (QED) is 0.413. The van der Waals surface area contributed by atoms with Crippen molar-refractivity contribution in [2.24, 2.45) is 0 Å². The second-order valence-corrected chi connectivity index (χ2v) is 9.02. The van der Waals surface area contributed by atoms with Gasteiger partial charge >= 0.3 is 0 Å². The average Bonchev–Trinajstić information content (AvgIpc) is 3.30. The molecule has 2 aromatic heterocycles. The van der Waals surface area contributed by atoms with Gasteiger partial charge in [0.25, 0.3) is 0 Å². The minimum absolute atomic E-state index is 0.0707. The summed E-state index contributed by atoms with van der Waals surface area (Å²) in [4.78, 5) is 21.2. The lowest BCUT2D eigenvalue weighted by atomic mass is 10.1. The molecule has 2 heterocycles. The molecule has 0 aliphatic rings. The Kier molecular flexibility index (Phi) is 5.92. The van der Waals surface area contributed by atoms with Gasteiger partial charge in [-0.15, -0.1) is 11.3 Å². The highest BCUT2D eigenvalue weighted by Gasteiger charge is 2.11. The number of para-hydroxylation sites is 1. The number of carbonyl (C=O) groups is 1. The number of nitrogens with one attached hydrogen (secondary N) is 1. The Morgan fingerprint density at radius 2 is 1.93 bits per heavy atom. The number of carbonyl (C=O) groups excluding carboxylic acids is 1. The van der Waals surface area contributed by atoms with Crippen LogP contribution in [0.25, 0.3) is 10.2 Å². The molecule has 4 aromatic rings. The van der Waals surface area contributed by atoms with E-state index in [1.54, 1.807) is 23.1 Å². The van der Waals surface area contributed by atoms with Crippen molar-refractivity contribution in [3.05, 3.63) is 65.3 Å². The summed E-state index contributed by atoms with van der Waals surface area (Å²) in [5.74, 6) is 1.59. The van der Waals surface area contributed by atoms with Gasteiger partial charge in [-0.25, -0.2) is 4.98 Å². The normalized spacial score (nSPS) is 11.1. The van der Waals surface area contributed by atoms with Crippen LogP contribution in [0, 0.1) is 13.8 Å². The minimum atomic E-state index is -0.0707. The number of nitrogens with zero attached hydrogens (tertiary/aromatic N) is 3. The van der Waals surface area contributed by atoms with E-state index in [1.807, 2.05) is 44.2 Å². The number of thiazole rings is 1. The van der Waals surface area contributed by atoms with Crippen LogP contribution in [-0.2, 0) is 17.0 Å². The number of benzene rings is 2. The Hall–Kier alpha value is -2.71. The highest BCUT2D eigenvalue weighted by molar-refractivity contribution is 8.00. The predicted octanol–water partition coefficient (Wildman–Crippen LogP) is 5.16. The number of aromatic nitrogens is 3. The van der Waals surface area contributed by atoms with Crippen molar-refractivity contribution in [1.29, 1.82) is 0 Å². The molecule has 0 radical (unpaired) electrons. The molecule has 29 heavy (non-hydrogen) atoms. The van der Waals surface area contributed by atoms with Crippen molar-refractivity contribution < 1.29 is 9.32 Å². The van der Waals surface area contributed by atoms with Gasteiger partial charge in [-0.2, -0.15) is 4.98 Å². The molecule has 4 rings (SSSR count). The molecule has 0 atom stereocenters. The van der Waals surface area contributed by atoms with Gasteiger partial charge in [0.05, 0.1) is 16.0 Å². The number of fused-ring (bicyclic) bond motifs is 1. The van der Waals surface area contributed by atoms with E-state index in [4.69, 9.17) is 4.52 Å². The van der Waals surface area contributed by atoms with E-state index in [9.17, 15) is 4.79 Å². The van der Waals surface area contributed by atoms with E-state index < -0.39 is 0 Å². The van der Waals surface area contributed by atoms with Crippen LogP contribution in [0.5, 0.6) is 0 Å². The Labute approximate surface area is 176 Å². The fourth-order valence-corrected chi connectivity index (χ4v) is 4.89. The van der Waals surface area contributed by atoms with E-state index >= 15 is 0 Å². The van der Waals surface area contributed by atoms with Crippen molar-refractivity contribution in [2.45, 2.75) is 36.8 Å². The van der Waals surface area contributed by atoms with Crippen LogP contribution in [0.2, 0.25) is 0 Å². The maximum atomic E-state index is 12.2. The van der Waals surface area contributed by atoms with Crippen molar-refractivity contribution in [3.8, 4) is 0 Å². The Balaban J connectivity index is 1.28. The molecular weight excluding hydrogens is 404 g/mol. The standard InChI is InChI=1S/C21H20N4O2S2/c1-13-9-14(2)11-15(10-13)22-19(26)7-8-20-24-18(25-27-20)12-28-21-23-16-5-3-4-6-17(16)29-21/h3-6,9-11H,7-8,12H2,1-2H3,(H,22,26). The van der Waals surface area contributed by atoms with Crippen LogP contribution in [0.4, 0.5) is 5.69 Å². The lowest BCUT2D eigenvalue weighted by Gasteiger charge is -2.06. The fourth-order valence-electron chi connectivity index (χ4n) is 2.98. The van der Waals surface area contributed by atoms with Crippen LogP contribution >= 0.6 is 23.1 Å². The van der Waals surface area contributed by atoms with Crippen molar-refractivity contribution in [3.63, 3.8) is 0 Å². The summed E-state index contributed by atoms with van der Waals surface area (Å²) in [7, 11) is 0. The minimum Gasteiger partial charge on any atom is -0.339 e. The maximum absolute atomic E-state index is 12.2. The van der Waals surface area contributed by atoms with Gasteiger partial charge in [0.1, 0.15) is 0 Å². The van der Waals surface area contributed by atoms with Crippen molar-refractivity contribution in [2.75, 3.05) is 5.32 Å². The first-order valence-corrected chi connectivity index (χ1v) is 11.0. The van der Waals surface area contributed by atoms with Crippen LogP contribution in [0.15, 0.2) is 51.3 Å². The van der Waals surface area contributed by atoms with Gasteiger partial charge in [-0.1, -0.05) is 35.1 Å². The lowest BCUT2D eigenvalue weighted by molar-refractivity contribution is -0.116. The van der Waals surface area contributed by atoms with Gasteiger partial charge in [0.15, 0.2) is 10.2 Å². The number of thioether (sulfide) groups is 1. The molecule has 8 heteroatoms. The van der Waals surface area contributed by atoms with E-state index in [2.05, 4.69) is 32.6 Å².